The number of aromatic nitrogens is 2. The molecule has 1 aromatic heterocycles. The average molecular weight is 370 g/mol. The molecule has 1 heterocycles. The average Bonchev–Trinajstić information content (AvgIpc) is 2.64. The van der Waals surface area contributed by atoms with Crippen LogP contribution in [0.5, 0.6) is 5.75 Å². The summed E-state index contributed by atoms with van der Waals surface area (Å²) in [5.74, 6) is -1.73. The van der Waals surface area contributed by atoms with E-state index in [0.29, 0.717) is 17.1 Å². The highest BCUT2D eigenvalue weighted by atomic mass is 19.2. The first-order chi connectivity index (χ1) is 12.9. The summed E-state index contributed by atoms with van der Waals surface area (Å²) in [5, 5.41) is 5.48. The Morgan fingerprint density at radius 1 is 1.00 bits per heavy atom. The molecule has 0 bridgehead atoms. The van der Waals surface area contributed by atoms with E-state index in [4.69, 9.17) is 4.74 Å². The van der Waals surface area contributed by atoms with Crippen molar-refractivity contribution in [1.82, 2.24) is 9.97 Å². The number of hydrogen-bond donors (Lipinski definition) is 2. The molecule has 0 unspecified atom stereocenters. The lowest BCUT2D eigenvalue weighted by atomic mass is 10.2. The van der Waals surface area contributed by atoms with Crippen molar-refractivity contribution in [3.8, 4) is 5.75 Å². The lowest BCUT2D eigenvalue weighted by Gasteiger charge is -2.10. The maximum atomic E-state index is 13.3. The van der Waals surface area contributed by atoms with Gasteiger partial charge < -0.3 is 15.4 Å². The molecule has 0 aliphatic rings. The lowest BCUT2D eigenvalue weighted by molar-refractivity contribution is 0.102. The van der Waals surface area contributed by atoms with Crippen LogP contribution >= 0.6 is 0 Å². The summed E-state index contributed by atoms with van der Waals surface area (Å²) in [6.45, 7) is 1.72. The number of methoxy groups -OCH3 is 1. The van der Waals surface area contributed by atoms with Crippen LogP contribution in [0.15, 0.2) is 48.5 Å². The number of amides is 1. The van der Waals surface area contributed by atoms with Gasteiger partial charge in [-0.2, -0.15) is 0 Å². The molecule has 8 heteroatoms. The van der Waals surface area contributed by atoms with Crippen molar-refractivity contribution in [2.24, 2.45) is 0 Å². The lowest BCUT2D eigenvalue weighted by Crippen LogP contribution is -2.15. The first-order valence-electron chi connectivity index (χ1n) is 7.98. The predicted octanol–water partition coefficient (Wildman–Crippen LogP) is 4.07. The summed E-state index contributed by atoms with van der Waals surface area (Å²) in [7, 11) is 1.56. The zero-order valence-electron chi connectivity index (χ0n) is 14.6. The Kier molecular flexibility index (Phi) is 5.25. The molecule has 0 saturated carbocycles. The van der Waals surface area contributed by atoms with E-state index in [-0.39, 0.29) is 17.3 Å². The second kappa shape index (κ2) is 7.77. The minimum absolute atomic E-state index is 0.0811. The zero-order valence-corrected chi connectivity index (χ0v) is 14.6. The predicted molar refractivity (Wildman–Crippen MR) is 97.4 cm³/mol. The van der Waals surface area contributed by atoms with E-state index in [1.807, 2.05) is 0 Å². The summed E-state index contributed by atoms with van der Waals surface area (Å²) in [5.41, 5.74) is 1.45. The summed E-state index contributed by atoms with van der Waals surface area (Å²) in [6.07, 6.45) is 0. The van der Waals surface area contributed by atoms with Crippen LogP contribution in [-0.2, 0) is 0 Å². The van der Waals surface area contributed by atoms with Gasteiger partial charge in [-0.25, -0.2) is 18.7 Å². The first-order valence-corrected chi connectivity index (χ1v) is 7.98. The van der Waals surface area contributed by atoms with Gasteiger partial charge in [0.15, 0.2) is 11.6 Å². The van der Waals surface area contributed by atoms with Crippen molar-refractivity contribution in [2.45, 2.75) is 6.92 Å². The quantitative estimate of drug-likeness (QED) is 0.708. The molecule has 0 aliphatic carbocycles. The van der Waals surface area contributed by atoms with Gasteiger partial charge in [0.25, 0.3) is 5.91 Å². The molecule has 0 radical (unpaired) electrons. The van der Waals surface area contributed by atoms with E-state index in [1.54, 1.807) is 38.3 Å². The zero-order chi connectivity index (χ0) is 19.4. The number of benzene rings is 2. The van der Waals surface area contributed by atoms with Crippen LogP contribution in [0, 0.1) is 18.6 Å². The minimum atomic E-state index is -1.05. The fourth-order valence-electron chi connectivity index (χ4n) is 2.34. The molecule has 1 amide bonds. The molecule has 0 atom stereocenters. The number of carbonyl (C=O) groups excluding carboxylic acids is 1. The molecule has 0 spiro atoms. The van der Waals surface area contributed by atoms with Crippen molar-refractivity contribution >= 4 is 23.2 Å². The molecule has 0 saturated heterocycles. The van der Waals surface area contributed by atoms with Gasteiger partial charge in [-0.05, 0) is 37.3 Å². The van der Waals surface area contributed by atoms with Crippen LogP contribution in [0.1, 0.15) is 16.2 Å². The van der Waals surface area contributed by atoms with Gasteiger partial charge in [0, 0.05) is 29.2 Å². The Labute approximate surface area is 154 Å². The number of ether oxygens (including phenoxy) is 1. The fourth-order valence-corrected chi connectivity index (χ4v) is 2.34. The Hall–Kier alpha value is -3.55. The van der Waals surface area contributed by atoms with E-state index >= 15 is 0 Å². The van der Waals surface area contributed by atoms with Crippen LogP contribution in [-0.4, -0.2) is 23.0 Å². The van der Waals surface area contributed by atoms with Crippen molar-refractivity contribution in [3.05, 3.63) is 71.6 Å². The molecular formula is C19H16F2N4O2. The van der Waals surface area contributed by atoms with Crippen LogP contribution in [0.4, 0.5) is 26.1 Å². The minimum Gasteiger partial charge on any atom is -0.497 e. The maximum absolute atomic E-state index is 13.3. The number of nitrogens with one attached hydrogen (secondary N) is 2. The summed E-state index contributed by atoms with van der Waals surface area (Å²) >= 11 is 0. The topological polar surface area (TPSA) is 76.1 Å². The Morgan fingerprint density at radius 3 is 2.56 bits per heavy atom. The molecule has 138 valence electrons. The van der Waals surface area contributed by atoms with Gasteiger partial charge in [0.05, 0.1) is 7.11 Å². The molecule has 3 aromatic rings. The van der Waals surface area contributed by atoms with Gasteiger partial charge >= 0.3 is 0 Å². The van der Waals surface area contributed by atoms with Gasteiger partial charge in [-0.3, -0.25) is 4.79 Å². The normalized spacial score (nSPS) is 10.4. The van der Waals surface area contributed by atoms with Crippen molar-refractivity contribution < 1.29 is 18.3 Å². The second-order valence-electron chi connectivity index (χ2n) is 5.66. The van der Waals surface area contributed by atoms with Crippen molar-refractivity contribution in [2.75, 3.05) is 17.7 Å². The fraction of sp³-hybridized carbons (Fsp3) is 0.105. The Morgan fingerprint density at radius 2 is 1.81 bits per heavy atom. The molecule has 6 nitrogen and oxygen atoms in total. The number of halogens is 2. The van der Waals surface area contributed by atoms with Gasteiger partial charge in [-0.15, -0.1) is 0 Å². The molecule has 2 N–H and O–H groups in total. The molecule has 0 aliphatic heterocycles. The number of hydrogen-bond acceptors (Lipinski definition) is 5. The third kappa shape index (κ3) is 4.55. The third-order valence-electron chi connectivity index (χ3n) is 3.59. The van der Waals surface area contributed by atoms with Crippen molar-refractivity contribution in [3.63, 3.8) is 0 Å². The number of nitrogens with zero attached hydrogens (tertiary/aromatic N) is 2. The Bertz CT molecular complexity index is 995. The monoisotopic (exact) mass is 370 g/mol. The van der Waals surface area contributed by atoms with Crippen LogP contribution in [0.2, 0.25) is 0 Å². The molecule has 2 aromatic carbocycles. The van der Waals surface area contributed by atoms with E-state index in [9.17, 15) is 13.6 Å². The smallest absolute Gasteiger partial charge is 0.274 e. The highest BCUT2D eigenvalue weighted by Gasteiger charge is 2.13. The maximum Gasteiger partial charge on any atom is 0.274 e. The van der Waals surface area contributed by atoms with Gasteiger partial charge in [0.2, 0.25) is 5.95 Å². The summed E-state index contributed by atoms with van der Waals surface area (Å²) in [6, 6.07) is 11.7. The van der Waals surface area contributed by atoms with Crippen LogP contribution in [0.25, 0.3) is 0 Å². The van der Waals surface area contributed by atoms with E-state index in [2.05, 4.69) is 20.6 Å². The van der Waals surface area contributed by atoms with Gasteiger partial charge in [-0.1, -0.05) is 6.07 Å². The molecular weight excluding hydrogens is 354 g/mol. The van der Waals surface area contributed by atoms with Crippen LogP contribution in [0.3, 0.4) is 0 Å². The highest BCUT2D eigenvalue weighted by molar-refractivity contribution is 6.03. The number of carbonyl (C=O) groups is 1. The third-order valence-corrected chi connectivity index (χ3v) is 3.59. The largest absolute Gasteiger partial charge is 0.497 e. The van der Waals surface area contributed by atoms with Crippen molar-refractivity contribution in [1.29, 1.82) is 0 Å². The van der Waals surface area contributed by atoms with E-state index < -0.39 is 17.5 Å². The molecule has 27 heavy (non-hydrogen) atoms. The standard InChI is InChI=1S/C19H16F2N4O2/c1-11-8-17(18(26)23-13-6-7-15(20)16(21)10-13)25-19(22-11)24-12-4-3-5-14(9-12)27-2/h3-10H,1-2H3,(H,23,26)(H,22,24,25). The number of anilines is 3. The van der Waals surface area contributed by atoms with E-state index in [0.717, 1.165) is 12.1 Å². The SMILES string of the molecule is COc1cccc(Nc2nc(C)cc(C(=O)Nc3ccc(F)c(F)c3)n2)c1. The summed E-state index contributed by atoms with van der Waals surface area (Å²) < 4.78 is 31.5. The summed E-state index contributed by atoms with van der Waals surface area (Å²) in [4.78, 5) is 20.8. The molecule has 3 rings (SSSR count). The Balaban J connectivity index is 1.81. The van der Waals surface area contributed by atoms with Crippen LogP contribution < -0.4 is 15.4 Å². The van der Waals surface area contributed by atoms with Gasteiger partial charge in [0.1, 0.15) is 11.4 Å². The highest BCUT2D eigenvalue weighted by Crippen LogP contribution is 2.20. The number of rotatable bonds is 5. The molecule has 0 fully saturated rings. The second-order valence-corrected chi connectivity index (χ2v) is 5.66. The number of aryl methyl sites for hydroxylation is 1. The first kappa shape index (κ1) is 18.2. The van der Waals surface area contributed by atoms with E-state index in [1.165, 1.54) is 12.1 Å².